The smallest absolute Gasteiger partial charge is 0.166 e. The highest BCUT2D eigenvalue weighted by atomic mass is 35.5. The van der Waals surface area contributed by atoms with Crippen LogP contribution in [0.15, 0.2) is 59.7 Å². The van der Waals surface area contributed by atoms with Crippen molar-refractivity contribution in [3.63, 3.8) is 0 Å². The van der Waals surface area contributed by atoms with Crippen molar-refractivity contribution in [1.82, 2.24) is 14.8 Å². The Morgan fingerprint density at radius 1 is 1.15 bits per heavy atom. The second kappa shape index (κ2) is 10.1. The fraction of sp³-hybridized carbons (Fsp3) is 0.483. The monoisotopic (exact) mass is 478 g/mol. The minimum Gasteiger partial charge on any atom is -0.361 e. The quantitative estimate of drug-likeness (QED) is 0.270. The standard InChI is InChI=1S/C29H39ClN4/c1-6-7-16-34-21-29(30,32-27(34)25-11-9-8-10-22(25)2)20-33(19-28(3,4)5)18-23-12-13-26-24(17-23)14-15-31-26/h8-15,17,31H,6-7,16,18-21H2,1-5H3. The van der Waals surface area contributed by atoms with Gasteiger partial charge in [-0.3, -0.25) is 4.90 Å². The van der Waals surface area contributed by atoms with Crippen molar-refractivity contribution >= 4 is 28.3 Å². The van der Waals surface area contributed by atoms with Crippen molar-refractivity contribution in [3.05, 3.63) is 71.4 Å². The Morgan fingerprint density at radius 3 is 2.68 bits per heavy atom. The summed E-state index contributed by atoms with van der Waals surface area (Å²) < 4.78 is 0. The number of nitrogens with one attached hydrogen (secondary N) is 1. The average Bonchev–Trinajstić information content (AvgIpc) is 3.35. The van der Waals surface area contributed by atoms with Crippen molar-refractivity contribution < 1.29 is 0 Å². The number of aliphatic imine (C=N–C) groups is 1. The molecule has 0 saturated heterocycles. The molecule has 1 atom stereocenters. The Morgan fingerprint density at radius 2 is 1.94 bits per heavy atom. The van der Waals surface area contributed by atoms with Crippen LogP contribution in [-0.2, 0) is 6.54 Å². The van der Waals surface area contributed by atoms with Gasteiger partial charge in [-0.05, 0) is 53.5 Å². The number of hydrogen-bond acceptors (Lipinski definition) is 3. The molecule has 3 aromatic rings. The molecule has 2 heterocycles. The number of amidine groups is 1. The zero-order valence-electron chi connectivity index (χ0n) is 21.4. The van der Waals surface area contributed by atoms with Gasteiger partial charge in [-0.1, -0.05) is 76.0 Å². The molecule has 1 aliphatic rings. The van der Waals surface area contributed by atoms with E-state index in [1.165, 1.54) is 27.6 Å². The molecule has 0 saturated carbocycles. The van der Waals surface area contributed by atoms with Gasteiger partial charge >= 0.3 is 0 Å². The molecule has 1 aromatic heterocycles. The molecule has 4 nitrogen and oxygen atoms in total. The van der Waals surface area contributed by atoms with E-state index >= 15 is 0 Å². The summed E-state index contributed by atoms with van der Waals surface area (Å²) in [6.45, 7) is 15.5. The van der Waals surface area contributed by atoms with Crippen LogP contribution in [0.2, 0.25) is 0 Å². The lowest BCUT2D eigenvalue weighted by molar-refractivity contribution is 0.164. The second-order valence-corrected chi connectivity index (χ2v) is 11.8. The maximum absolute atomic E-state index is 7.33. The highest BCUT2D eigenvalue weighted by Crippen LogP contribution is 2.32. The topological polar surface area (TPSA) is 34.6 Å². The lowest BCUT2D eigenvalue weighted by Crippen LogP contribution is -2.44. The summed E-state index contributed by atoms with van der Waals surface area (Å²) in [7, 11) is 0. The number of H-pyrrole nitrogens is 1. The molecule has 1 N–H and O–H groups in total. The van der Waals surface area contributed by atoms with Crippen LogP contribution in [0, 0.1) is 12.3 Å². The first-order valence-corrected chi connectivity index (χ1v) is 12.9. The molecular formula is C29H39ClN4. The van der Waals surface area contributed by atoms with E-state index in [9.17, 15) is 0 Å². The van der Waals surface area contributed by atoms with Crippen LogP contribution in [-0.4, -0.2) is 51.8 Å². The van der Waals surface area contributed by atoms with Gasteiger partial charge in [0.25, 0.3) is 0 Å². The van der Waals surface area contributed by atoms with E-state index in [-0.39, 0.29) is 5.41 Å². The Hall–Kier alpha value is -2.30. The molecule has 0 amide bonds. The van der Waals surface area contributed by atoms with E-state index in [1.54, 1.807) is 0 Å². The summed E-state index contributed by atoms with van der Waals surface area (Å²) in [6.07, 6.45) is 4.30. The van der Waals surface area contributed by atoms with Crippen molar-refractivity contribution in [1.29, 1.82) is 0 Å². The molecule has 0 bridgehead atoms. The van der Waals surface area contributed by atoms with E-state index in [1.807, 2.05) is 6.20 Å². The number of aromatic amines is 1. The van der Waals surface area contributed by atoms with Crippen LogP contribution in [0.5, 0.6) is 0 Å². The summed E-state index contributed by atoms with van der Waals surface area (Å²) in [6, 6.07) is 17.3. The number of nitrogens with zero attached hydrogens (tertiary/aromatic N) is 3. The number of aromatic nitrogens is 1. The second-order valence-electron chi connectivity index (χ2n) is 11.0. The van der Waals surface area contributed by atoms with Gasteiger partial charge in [0.2, 0.25) is 0 Å². The third-order valence-electron chi connectivity index (χ3n) is 6.39. The highest BCUT2D eigenvalue weighted by molar-refractivity contribution is 6.26. The van der Waals surface area contributed by atoms with Crippen LogP contribution in [0.1, 0.15) is 57.2 Å². The lowest BCUT2D eigenvalue weighted by atomic mass is 9.95. The first-order valence-electron chi connectivity index (χ1n) is 12.5. The molecule has 4 rings (SSSR count). The van der Waals surface area contributed by atoms with Crippen molar-refractivity contribution in [2.75, 3.05) is 26.2 Å². The van der Waals surface area contributed by atoms with Crippen LogP contribution in [0.4, 0.5) is 0 Å². The first kappa shape index (κ1) is 24.8. The number of aryl methyl sites for hydroxylation is 1. The molecule has 0 fully saturated rings. The van der Waals surface area contributed by atoms with Gasteiger partial charge in [-0.2, -0.15) is 0 Å². The molecular weight excluding hydrogens is 440 g/mol. The number of halogens is 1. The third kappa shape index (κ3) is 6.03. The molecule has 1 aliphatic heterocycles. The summed E-state index contributed by atoms with van der Waals surface area (Å²) in [4.78, 5) is 12.7. The Labute approximate surface area is 210 Å². The first-order chi connectivity index (χ1) is 16.2. The molecule has 182 valence electrons. The van der Waals surface area contributed by atoms with Crippen LogP contribution in [0.25, 0.3) is 10.9 Å². The van der Waals surface area contributed by atoms with Gasteiger partial charge in [-0.25, -0.2) is 4.99 Å². The minimum atomic E-state index is -0.658. The number of unbranched alkanes of at least 4 members (excludes halogenated alkanes) is 1. The van der Waals surface area contributed by atoms with E-state index in [4.69, 9.17) is 16.6 Å². The number of benzene rings is 2. The Kier molecular flexibility index (Phi) is 7.39. The van der Waals surface area contributed by atoms with E-state index in [2.05, 4.69) is 97.9 Å². The van der Waals surface area contributed by atoms with Crippen molar-refractivity contribution in [3.8, 4) is 0 Å². The predicted molar refractivity (Wildman–Crippen MR) is 146 cm³/mol. The van der Waals surface area contributed by atoms with Crippen molar-refractivity contribution in [2.45, 2.75) is 59.0 Å². The molecule has 1 unspecified atom stereocenters. The van der Waals surface area contributed by atoms with Crippen LogP contribution < -0.4 is 0 Å². The summed E-state index contributed by atoms with van der Waals surface area (Å²) >= 11 is 7.33. The molecule has 5 heteroatoms. The number of fused-ring (bicyclic) bond motifs is 1. The third-order valence-corrected chi connectivity index (χ3v) is 6.72. The zero-order chi connectivity index (χ0) is 24.3. The Bertz CT molecular complexity index is 1140. The number of hydrogen-bond donors (Lipinski definition) is 1. The van der Waals surface area contributed by atoms with Gasteiger partial charge in [0.1, 0.15) is 5.84 Å². The van der Waals surface area contributed by atoms with Gasteiger partial charge in [0.05, 0.1) is 6.54 Å². The summed E-state index contributed by atoms with van der Waals surface area (Å²) in [5.74, 6) is 1.05. The van der Waals surface area contributed by atoms with E-state index in [0.29, 0.717) is 0 Å². The maximum atomic E-state index is 7.33. The van der Waals surface area contributed by atoms with Gasteiger partial charge in [-0.15, -0.1) is 0 Å². The van der Waals surface area contributed by atoms with Crippen LogP contribution in [0.3, 0.4) is 0 Å². The highest BCUT2D eigenvalue weighted by Gasteiger charge is 2.40. The average molecular weight is 479 g/mol. The normalized spacial score (nSPS) is 18.8. The fourth-order valence-corrected chi connectivity index (χ4v) is 5.37. The molecule has 0 spiro atoms. The molecule has 0 aliphatic carbocycles. The Balaban J connectivity index is 1.61. The maximum Gasteiger partial charge on any atom is 0.166 e. The van der Waals surface area contributed by atoms with E-state index < -0.39 is 5.00 Å². The zero-order valence-corrected chi connectivity index (χ0v) is 22.1. The van der Waals surface area contributed by atoms with Gasteiger partial charge in [0.15, 0.2) is 5.00 Å². The lowest BCUT2D eigenvalue weighted by Gasteiger charge is -2.34. The molecule has 2 aromatic carbocycles. The number of alkyl halides is 1. The molecule has 34 heavy (non-hydrogen) atoms. The van der Waals surface area contributed by atoms with Gasteiger partial charge < -0.3 is 9.88 Å². The summed E-state index contributed by atoms with van der Waals surface area (Å²) in [5.41, 5.74) is 5.08. The van der Waals surface area contributed by atoms with Crippen LogP contribution >= 0.6 is 11.6 Å². The minimum absolute atomic E-state index is 0.161. The fourth-order valence-electron chi connectivity index (χ4n) is 4.98. The number of rotatable bonds is 9. The SMILES string of the molecule is CCCCN1CC(Cl)(CN(Cc2ccc3[nH]ccc3c2)CC(C)(C)C)N=C1c1ccccc1C. The predicted octanol–water partition coefficient (Wildman–Crippen LogP) is 6.82. The molecule has 0 radical (unpaired) electrons. The van der Waals surface area contributed by atoms with Crippen molar-refractivity contribution in [2.24, 2.45) is 10.4 Å². The van der Waals surface area contributed by atoms with Gasteiger partial charge in [0, 0.05) is 43.5 Å². The van der Waals surface area contributed by atoms with E-state index in [0.717, 1.165) is 51.4 Å². The summed E-state index contributed by atoms with van der Waals surface area (Å²) in [5, 5.41) is 1.25. The largest absolute Gasteiger partial charge is 0.361 e.